The number of aromatic amines is 1. The highest BCUT2D eigenvalue weighted by Crippen LogP contribution is 2.18. The summed E-state index contributed by atoms with van der Waals surface area (Å²) in [5.41, 5.74) is 2.92. The third-order valence-electron chi connectivity index (χ3n) is 4.47. The number of phenols is 1. The van der Waals surface area contributed by atoms with Crippen LogP contribution >= 0.6 is 0 Å². The first-order valence-corrected chi connectivity index (χ1v) is 8.19. The highest BCUT2D eigenvalue weighted by molar-refractivity contribution is 5.81. The Labute approximate surface area is 148 Å². The number of H-pyrrole nitrogens is 1. The van der Waals surface area contributed by atoms with Crippen LogP contribution in [0.5, 0.6) is 5.75 Å². The van der Waals surface area contributed by atoms with Crippen molar-refractivity contribution in [3.63, 3.8) is 0 Å². The van der Waals surface area contributed by atoms with Crippen LogP contribution in [0.15, 0.2) is 64.2 Å². The minimum absolute atomic E-state index is 0.115. The van der Waals surface area contributed by atoms with E-state index in [1.165, 1.54) is 27.4 Å². The first-order valence-electron chi connectivity index (χ1n) is 8.19. The molecular formula is C20H17N3O3. The Morgan fingerprint density at radius 3 is 2.35 bits per heavy atom. The first kappa shape index (κ1) is 16.0. The molecule has 0 radical (unpaired) electrons. The van der Waals surface area contributed by atoms with Gasteiger partial charge in [0.15, 0.2) is 0 Å². The second kappa shape index (κ2) is 5.77. The summed E-state index contributed by atoms with van der Waals surface area (Å²) < 4.78 is 2.92. The molecular weight excluding hydrogens is 330 g/mol. The summed E-state index contributed by atoms with van der Waals surface area (Å²) in [5.74, 6) is 0.115. The number of benzene rings is 2. The van der Waals surface area contributed by atoms with Gasteiger partial charge in [0.25, 0.3) is 11.1 Å². The molecule has 2 aromatic carbocycles. The van der Waals surface area contributed by atoms with Crippen molar-refractivity contribution in [1.29, 1.82) is 0 Å². The van der Waals surface area contributed by atoms with E-state index in [1.54, 1.807) is 19.1 Å². The molecule has 130 valence electrons. The molecule has 2 heterocycles. The van der Waals surface area contributed by atoms with Gasteiger partial charge in [-0.3, -0.25) is 19.3 Å². The van der Waals surface area contributed by atoms with Crippen LogP contribution in [0.3, 0.4) is 0 Å². The molecule has 2 aromatic heterocycles. The Morgan fingerprint density at radius 1 is 0.923 bits per heavy atom. The third kappa shape index (κ3) is 2.43. The number of nitrogens with zero attached hydrogens (tertiary/aromatic N) is 2. The minimum atomic E-state index is -0.252. The lowest BCUT2D eigenvalue weighted by atomic mass is 10.2. The molecule has 0 bridgehead atoms. The van der Waals surface area contributed by atoms with Crippen LogP contribution in [0, 0.1) is 13.8 Å². The zero-order valence-corrected chi connectivity index (χ0v) is 14.4. The molecule has 0 spiro atoms. The van der Waals surface area contributed by atoms with Gasteiger partial charge < -0.3 is 5.11 Å². The summed E-state index contributed by atoms with van der Waals surface area (Å²) >= 11 is 0. The highest BCUT2D eigenvalue weighted by Gasteiger charge is 2.16. The van der Waals surface area contributed by atoms with Gasteiger partial charge in [0, 0.05) is 17.4 Å². The quantitative estimate of drug-likeness (QED) is 0.585. The summed E-state index contributed by atoms with van der Waals surface area (Å²) in [6.07, 6.45) is 0. The maximum Gasteiger partial charge on any atom is 0.280 e. The number of aromatic nitrogens is 3. The van der Waals surface area contributed by atoms with Gasteiger partial charge in [0.2, 0.25) is 0 Å². The fraction of sp³-hybridized carbons (Fsp3) is 0.100. The number of fused-ring (bicyclic) bond motifs is 1. The predicted octanol–water partition coefficient (Wildman–Crippen LogP) is 2.79. The van der Waals surface area contributed by atoms with E-state index in [2.05, 4.69) is 5.10 Å². The van der Waals surface area contributed by atoms with E-state index in [1.807, 2.05) is 31.2 Å². The first-order chi connectivity index (χ1) is 12.5. The van der Waals surface area contributed by atoms with Crippen LogP contribution in [0.2, 0.25) is 0 Å². The van der Waals surface area contributed by atoms with Gasteiger partial charge in [-0.2, -0.15) is 0 Å². The molecule has 0 fully saturated rings. The zero-order chi connectivity index (χ0) is 18.4. The standard InChI is InChI=1S/C20H17N3O3/c1-12-4-3-5-15(10-12)23-20(26)19-13(2)22(18(25)11-17(19)21-23)14-6-8-16(24)9-7-14/h3-11,21,24H,1-2H3. The van der Waals surface area contributed by atoms with Crippen LogP contribution in [0.4, 0.5) is 0 Å². The predicted molar refractivity (Wildman–Crippen MR) is 101 cm³/mol. The van der Waals surface area contributed by atoms with E-state index in [4.69, 9.17) is 0 Å². The number of phenolic OH excluding ortho intramolecular Hbond substituents is 1. The van der Waals surface area contributed by atoms with Crippen molar-refractivity contribution in [2.45, 2.75) is 13.8 Å². The van der Waals surface area contributed by atoms with Crippen LogP contribution < -0.4 is 11.1 Å². The van der Waals surface area contributed by atoms with Gasteiger partial charge in [-0.05, 0) is 55.8 Å². The number of hydrogen-bond donors (Lipinski definition) is 2. The van der Waals surface area contributed by atoms with E-state index in [9.17, 15) is 14.7 Å². The van der Waals surface area contributed by atoms with Crippen molar-refractivity contribution < 1.29 is 5.11 Å². The SMILES string of the molecule is Cc1cccc(-n2[nH]c3cc(=O)n(-c4ccc(O)cc4)c(C)c3c2=O)c1. The number of aryl methyl sites for hydroxylation is 2. The molecule has 4 rings (SSSR count). The molecule has 6 nitrogen and oxygen atoms in total. The third-order valence-corrected chi connectivity index (χ3v) is 4.47. The summed E-state index contributed by atoms with van der Waals surface area (Å²) in [7, 11) is 0. The zero-order valence-electron chi connectivity index (χ0n) is 14.4. The number of pyridine rings is 1. The molecule has 0 aliphatic rings. The number of hydrogen-bond acceptors (Lipinski definition) is 3. The molecule has 0 unspecified atom stereocenters. The van der Waals surface area contributed by atoms with E-state index < -0.39 is 0 Å². The van der Waals surface area contributed by atoms with Crippen LogP contribution in [-0.4, -0.2) is 19.5 Å². The van der Waals surface area contributed by atoms with E-state index in [-0.39, 0.29) is 16.9 Å². The van der Waals surface area contributed by atoms with Crippen LogP contribution in [0.25, 0.3) is 22.3 Å². The van der Waals surface area contributed by atoms with Gasteiger partial charge in [-0.15, -0.1) is 0 Å². The largest absolute Gasteiger partial charge is 0.508 e. The Balaban J connectivity index is 2.01. The minimum Gasteiger partial charge on any atom is -0.508 e. The Kier molecular flexibility index (Phi) is 3.54. The number of aromatic hydroxyl groups is 1. The molecule has 0 aliphatic heterocycles. The Hall–Kier alpha value is -3.54. The van der Waals surface area contributed by atoms with E-state index in [0.717, 1.165) is 5.56 Å². The van der Waals surface area contributed by atoms with E-state index >= 15 is 0 Å². The van der Waals surface area contributed by atoms with Gasteiger partial charge in [-0.25, -0.2) is 4.68 Å². The van der Waals surface area contributed by atoms with Crippen molar-refractivity contribution >= 4 is 10.9 Å². The van der Waals surface area contributed by atoms with Gasteiger partial charge in [-0.1, -0.05) is 12.1 Å². The molecule has 0 atom stereocenters. The second-order valence-corrected chi connectivity index (χ2v) is 6.30. The van der Waals surface area contributed by atoms with Crippen LogP contribution in [0.1, 0.15) is 11.3 Å². The van der Waals surface area contributed by atoms with Crippen molar-refractivity contribution in [2.24, 2.45) is 0 Å². The summed E-state index contributed by atoms with van der Waals surface area (Å²) in [4.78, 5) is 25.6. The Bertz CT molecular complexity index is 1240. The van der Waals surface area contributed by atoms with E-state index in [0.29, 0.717) is 28.0 Å². The van der Waals surface area contributed by atoms with Gasteiger partial charge in [0.05, 0.1) is 16.6 Å². The molecule has 0 saturated heterocycles. The average Bonchev–Trinajstić information content (AvgIpc) is 2.93. The lowest BCUT2D eigenvalue weighted by Crippen LogP contribution is -2.21. The molecule has 6 heteroatoms. The highest BCUT2D eigenvalue weighted by atomic mass is 16.3. The van der Waals surface area contributed by atoms with Crippen molar-refractivity contribution in [3.05, 3.63) is 86.6 Å². The maximum absolute atomic E-state index is 13.0. The normalized spacial score (nSPS) is 11.2. The fourth-order valence-electron chi connectivity index (χ4n) is 3.24. The summed E-state index contributed by atoms with van der Waals surface area (Å²) in [6, 6.07) is 15.3. The van der Waals surface area contributed by atoms with Gasteiger partial charge >= 0.3 is 0 Å². The Morgan fingerprint density at radius 2 is 1.65 bits per heavy atom. The smallest absolute Gasteiger partial charge is 0.280 e. The second-order valence-electron chi connectivity index (χ2n) is 6.30. The van der Waals surface area contributed by atoms with Gasteiger partial charge in [0.1, 0.15) is 5.75 Å². The molecule has 4 aromatic rings. The molecule has 0 aliphatic carbocycles. The average molecular weight is 347 g/mol. The lowest BCUT2D eigenvalue weighted by Gasteiger charge is -2.10. The van der Waals surface area contributed by atoms with Crippen LogP contribution in [-0.2, 0) is 0 Å². The fourth-order valence-corrected chi connectivity index (χ4v) is 3.24. The molecule has 26 heavy (non-hydrogen) atoms. The monoisotopic (exact) mass is 347 g/mol. The maximum atomic E-state index is 13.0. The van der Waals surface area contributed by atoms with Crippen molar-refractivity contribution in [3.8, 4) is 17.1 Å². The number of nitrogens with one attached hydrogen (secondary N) is 1. The topological polar surface area (TPSA) is 80.0 Å². The lowest BCUT2D eigenvalue weighted by molar-refractivity contribution is 0.475. The van der Waals surface area contributed by atoms with Crippen molar-refractivity contribution in [2.75, 3.05) is 0 Å². The van der Waals surface area contributed by atoms with Crippen molar-refractivity contribution in [1.82, 2.24) is 14.3 Å². The molecule has 0 amide bonds. The molecule has 2 N–H and O–H groups in total. The molecule has 0 saturated carbocycles. The number of rotatable bonds is 2. The summed E-state index contributed by atoms with van der Waals surface area (Å²) in [6.45, 7) is 3.70. The summed E-state index contributed by atoms with van der Waals surface area (Å²) in [5, 5.41) is 12.9.